The van der Waals surface area contributed by atoms with Crippen molar-refractivity contribution in [1.29, 1.82) is 0 Å². The van der Waals surface area contributed by atoms with Crippen molar-refractivity contribution in [3.05, 3.63) is 163 Å². The molecule has 0 atom stereocenters. The second-order valence-corrected chi connectivity index (χ2v) is 13.1. The molecule has 0 aromatic heterocycles. The zero-order valence-corrected chi connectivity index (χ0v) is 20.3. The first-order chi connectivity index (χ1) is 17.2. The summed E-state index contributed by atoms with van der Waals surface area (Å²) in [6.45, 7) is -3.84. The Bertz CT molecular complexity index is 1290. The Kier molecular flexibility index (Phi) is 6.31. The molecule has 0 aliphatic heterocycles. The SMILES string of the molecule is O=C(OP(Cc1ccccc1)(c1ccccc1)(c1ccccc1)c1ccccc1)c1ccccc1. The van der Waals surface area contributed by atoms with Gasteiger partial charge >= 0.3 is 207 Å². The molecular weight excluding hydrogens is 447 g/mol. The molecule has 0 fully saturated rings. The van der Waals surface area contributed by atoms with Crippen LogP contribution < -0.4 is 15.9 Å². The van der Waals surface area contributed by atoms with Crippen LogP contribution >= 0.6 is 6.83 Å². The monoisotopic (exact) mass is 474 g/mol. The molecule has 0 heterocycles. The van der Waals surface area contributed by atoms with Crippen LogP contribution in [0.4, 0.5) is 0 Å². The van der Waals surface area contributed by atoms with Gasteiger partial charge in [-0.2, -0.15) is 0 Å². The van der Waals surface area contributed by atoms with E-state index in [2.05, 4.69) is 48.5 Å². The standard InChI is InChI=1S/C32H27O2P/c33-32(28-18-8-2-9-19-28)34-35(29-20-10-3-11-21-29,30-22-12-4-13-23-30,31-24-14-5-15-25-31)26-27-16-6-1-7-17-27/h1-25H,26H2. The summed E-state index contributed by atoms with van der Waals surface area (Å²) in [5, 5.41) is 3.05. The second kappa shape index (κ2) is 9.70. The van der Waals surface area contributed by atoms with Gasteiger partial charge in [0.15, 0.2) is 0 Å². The van der Waals surface area contributed by atoms with Crippen LogP contribution in [0.2, 0.25) is 0 Å². The molecule has 35 heavy (non-hydrogen) atoms. The Morgan fingerprint density at radius 3 is 1.23 bits per heavy atom. The maximum absolute atomic E-state index is 14.0. The third-order valence-electron chi connectivity index (χ3n) is 6.53. The van der Waals surface area contributed by atoms with E-state index in [9.17, 15) is 4.79 Å². The van der Waals surface area contributed by atoms with Gasteiger partial charge in [-0.05, 0) is 0 Å². The van der Waals surface area contributed by atoms with Gasteiger partial charge in [-0.15, -0.1) is 0 Å². The molecule has 5 aromatic rings. The van der Waals surface area contributed by atoms with Crippen molar-refractivity contribution in [2.75, 3.05) is 0 Å². The molecule has 0 saturated heterocycles. The third-order valence-corrected chi connectivity index (χ3v) is 12.2. The Hall–Kier alpha value is -4.00. The summed E-state index contributed by atoms with van der Waals surface area (Å²) >= 11 is 0. The first kappa shape index (κ1) is 22.8. The van der Waals surface area contributed by atoms with Crippen LogP contribution in [0.3, 0.4) is 0 Å². The van der Waals surface area contributed by atoms with Crippen LogP contribution in [0.15, 0.2) is 152 Å². The van der Waals surface area contributed by atoms with E-state index in [1.807, 2.05) is 103 Å². The van der Waals surface area contributed by atoms with Crippen molar-refractivity contribution >= 4 is 28.7 Å². The van der Waals surface area contributed by atoms with Crippen LogP contribution in [-0.4, -0.2) is 5.97 Å². The van der Waals surface area contributed by atoms with Crippen LogP contribution in [0.25, 0.3) is 0 Å². The van der Waals surface area contributed by atoms with Crippen molar-refractivity contribution in [3.8, 4) is 0 Å². The average molecular weight is 475 g/mol. The van der Waals surface area contributed by atoms with Gasteiger partial charge in [-0.25, -0.2) is 0 Å². The van der Waals surface area contributed by atoms with E-state index >= 15 is 0 Å². The van der Waals surface area contributed by atoms with Crippen LogP contribution in [0.1, 0.15) is 15.9 Å². The molecule has 172 valence electrons. The first-order valence-electron chi connectivity index (χ1n) is 11.7. The second-order valence-electron chi connectivity index (χ2n) is 8.61. The Labute approximate surface area is 206 Å². The third kappa shape index (κ3) is 4.07. The fraction of sp³-hybridized carbons (Fsp3) is 0.0312. The molecule has 0 N–H and O–H groups in total. The van der Waals surface area contributed by atoms with Gasteiger partial charge in [-0.1, -0.05) is 0 Å². The molecule has 0 aliphatic rings. The van der Waals surface area contributed by atoms with Crippen LogP contribution in [0.5, 0.6) is 0 Å². The summed E-state index contributed by atoms with van der Waals surface area (Å²) in [4.78, 5) is 14.0. The van der Waals surface area contributed by atoms with E-state index in [1.54, 1.807) is 0 Å². The van der Waals surface area contributed by atoms with E-state index in [1.165, 1.54) is 0 Å². The van der Waals surface area contributed by atoms with Crippen LogP contribution in [-0.2, 0) is 10.7 Å². The summed E-state index contributed by atoms with van der Waals surface area (Å²) in [5.41, 5.74) is 1.65. The normalized spacial score (nSPS) is 12.3. The van der Waals surface area contributed by atoms with Crippen LogP contribution in [0, 0.1) is 0 Å². The topological polar surface area (TPSA) is 26.3 Å². The number of benzene rings is 5. The molecule has 0 aliphatic carbocycles. The molecule has 0 saturated carbocycles. The van der Waals surface area contributed by atoms with E-state index < -0.39 is 6.83 Å². The number of carbonyl (C=O) groups is 1. The van der Waals surface area contributed by atoms with Gasteiger partial charge in [0.05, 0.1) is 0 Å². The maximum atomic E-state index is 14.0. The van der Waals surface area contributed by atoms with Gasteiger partial charge in [-0.3, -0.25) is 0 Å². The summed E-state index contributed by atoms with van der Waals surface area (Å²) in [7, 11) is 0. The Morgan fingerprint density at radius 1 is 0.486 bits per heavy atom. The van der Waals surface area contributed by atoms with E-state index in [0.29, 0.717) is 11.7 Å². The first-order valence-corrected chi connectivity index (χ1v) is 14.1. The van der Waals surface area contributed by atoms with Gasteiger partial charge < -0.3 is 0 Å². The van der Waals surface area contributed by atoms with Gasteiger partial charge in [0.2, 0.25) is 0 Å². The van der Waals surface area contributed by atoms with E-state index in [-0.39, 0.29) is 5.97 Å². The van der Waals surface area contributed by atoms with Gasteiger partial charge in [0.25, 0.3) is 0 Å². The van der Waals surface area contributed by atoms with Crippen molar-refractivity contribution in [3.63, 3.8) is 0 Å². The fourth-order valence-corrected chi connectivity index (χ4v) is 10.5. The molecule has 0 unspecified atom stereocenters. The molecule has 3 heteroatoms. The molecule has 2 nitrogen and oxygen atoms in total. The quantitative estimate of drug-likeness (QED) is 0.252. The van der Waals surface area contributed by atoms with E-state index in [0.717, 1.165) is 21.5 Å². The van der Waals surface area contributed by atoms with Crippen molar-refractivity contribution in [2.45, 2.75) is 6.16 Å². The zero-order chi connectivity index (χ0) is 24.0. The molecule has 0 spiro atoms. The average Bonchev–Trinajstić information content (AvgIpc) is 2.95. The Balaban J connectivity index is 1.91. The molecular formula is C32H27O2P. The summed E-state index contributed by atoms with van der Waals surface area (Å²) < 4.78 is 7.07. The molecule has 5 aromatic carbocycles. The number of rotatable bonds is 7. The number of hydrogen-bond donors (Lipinski definition) is 0. The predicted octanol–water partition coefficient (Wildman–Crippen LogP) is 6.49. The summed E-state index contributed by atoms with van der Waals surface area (Å²) in [6.07, 6.45) is 0.559. The fourth-order valence-electron chi connectivity index (χ4n) is 4.88. The predicted molar refractivity (Wildman–Crippen MR) is 147 cm³/mol. The number of hydrogen-bond acceptors (Lipinski definition) is 2. The minimum absolute atomic E-state index is 0.323. The van der Waals surface area contributed by atoms with Crippen molar-refractivity contribution in [1.82, 2.24) is 0 Å². The minimum atomic E-state index is -3.84. The van der Waals surface area contributed by atoms with E-state index in [4.69, 9.17) is 4.52 Å². The number of carbonyl (C=O) groups excluding carboxylic acids is 1. The van der Waals surface area contributed by atoms with Gasteiger partial charge in [0, 0.05) is 0 Å². The van der Waals surface area contributed by atoms with Crippen molar-refractivity contribution < 1.29 is 9.32 Å². The zero-order valence-electron chi connectivity index (χ0n) is 19.4. The summed E-state index contributed by atoms with van der Waals surface area (Å²) in [6, 6.07) is 50.5. The molecule has 5 rings (SSSR count). The molecule has 0 amide bonds. The molecule has 0 radical (unpaired) electrons. The molecule has 0 bridgehead atoms. The summed E-state index contributed by atoms with van der Waals surface area (Å²) in [5.74, 6) is -0.323. The van der Waals surface area contributed by atoms with Crippen molar-refractivity contribution in [2.24, 2.45) is 0 Å². The van der Waals surface area contributed by atoms with Gasteiger partial charge in [0.1, 0.15) is 0 Å². The Morgan fingerprint density at radius 2 is 0.829 bits per heavy atom.